The Labute approximate surface area is 110 Å². The smallest absolute Gasteiger partial charge is 0.337 e. The number of ether oxygens (including phenoxy) is 1. The van der Waals surface area contributed by atoms with E-state index in [4.69, 9.17) is 11.6 Å². The van der Waals surface area contributed by atoms with Crippen molar-refractivity contribution >= 4 is 29.1 Å². The van der Waals surface area contributed by atoms with Gasteiger partial charge in [0.2, 0.25) is 0 Å². The highest BCUT2D eigenvalue weighted by atomic mass is 35.5. The summed E-state index contributed by atoms with van der Waals surface area (Å²) in [5.41, 5.74) is 1.19. The maximum absolute atomic E-state index is 11.4. The number of rotatable bonds is 3. The van der Waals surface area contributed by atoms with Crippen LogP contribution < -0.4 is 5.32 Å². The highest BCUT2D eigenvalue weighted by molar-refractivity contribution is 6.33. The zero-order chi connectivity index (χ0) is 13.0. The molecule has 1 aromatic carbocycles. The van der Waals surface area contributed by atoms with Crippen molar-refractivity contribution in [3.05, 3.63) is 53.2 Å². The Balaban J connectivity index is 2.25. The molecule has 0 amide bonds. The van der Waals surface area contributed by atoms with Gasteiger partial charge in [0.05, 0.1) is 17.7 Å². The molecule has 0 spiro atoms. The Morgan fingerprint density at radius 2 is 2.17 bits per heavy atom. The normalized spacial score (nSPS) is 9.89. The molecule has 0 aliphatic rings. The van der Waals surface area contributed by atoms with Gasteiger partial charge < -0.3 is 10.1 Å². The van der Waals surface area contributed by atoms with Crippen LogP contribution in [0.1, 0.15) is 10.4 Å². The summed E-state index contributed by atoms with van der Waals surface area (Å²) in [5.74, 6) is 0.159. The summed E-state index contributed by atoms with van der Waals surface area (Å²) in [4.78, 5) is 15.5. The van der Waals surface area contributed by atoms with Crippen LogP contribution in [0.5, 0.6) is 0 Å². The van der Waals surface area contributed by atoms with Crippen LogP contribution in [-0.4, -0.2) is 18.1 Å². The van der Waals surface area contributed by atoms with Crippen molar-refractivity contribution in [1.29, 1.82) is 0 Å². The Morgan fingerprint density at radius 3 is 2.89 bits per heavy atom. The Hall–Kier alpha value is -2.07. The summed E-state index contributed by atoms with van der Waals surface area (Å²) in [7, 11) is 1.35. The maximum atomic E-state index is 11.4. The van der Waals surface area contributed by atoms with Gasteiger partial charge in [-0.15, -0.1) is 0 Å². The van der Waals surface area contributed by atoms with Gasteiger partial charge in [-0.3, -0.25) is 0 Å². The number of methoxy groups -OCH3 is 1. The molecule has 1 heterocycles. The van der Waals surface area contributed by atoms with Crippen LogP contribution in [-0.2, 0) is 4.74 Å². The SMILES string of the molecule is COC(=O)c1cccc(Nc2ncccc2Cl)c1. The average molecular weight is 263 g/mol. The largest absolute Gasteiger partial charge is 0.465 e. The topological polar surface area (TPSA) is 51.2 Å². The lowest BCUT2D eigenvalue weighted by atomic mass is 10.2. The van der Waals surface area contributed by atoms with E-state index in [1.165, 1.54) is 7.11 Å². The molecule has 5 heteroatoms. The molecule has 1 N–H and O–H groups in total. The summed E-state index contributed by atoms with van der Waals surface area (Å²) in [6.07, 6.45) is 1.64. The number of nitrogens with zero attached hydrogens (tertiary/aromatic N) is 1. The number of carbonyl (C=O) groups is 1. The predicted molar refractivity (Wildman–Crippen MR) is 70.3 cm³/mol. The maximum Gasteiger partial charge on any atom is 0.337 e. The van der Waals surface area contributed by atoms with Crippen LogP contribution in [0.25, 0.3) is 0 Å². The van der Waals surface area contributed by atoms with Gasteiger partial charge in [0.15, 0.2) is 0 Å². The monoisotopic (exact) mass is 262 g/mol. The van der Waals surface area contributed by atoms with Crippen molar-refractivity contribution in [2.45, 2.75) is 0 Å². The molecule has 0 bridgehead atoms. The van der Waals surface area contributed by atoms with Crippen LogP contribution in [0.2, 0.25) is 5.02 Å². The van der Waals surface area contributed by atoms with Crippen molar-refractivity contribution in [1.82, 2.24) is 4.98 Å². The van der Waals surface area contributed by atoms with Gasteiger partial charge in [-0.2, -0.15) is 0 Å². The molecular formula is C13H11ClN2O2. The third kappa shape index (κ3) is 2.78. The van der Waals surface area contributed by atoms with Crippen LogP contribution in [0.15, 0.2) is 42.6 Å². The number of hydrogen-bond acceptors (Lipinski definition) is 4. The number of nitrogens with one attached hydrogen (secondary N) is 1. The van der Waals surface area contributed by atoms with Crippen LogP contribution >= 0.6 is 11.6 Å². The fourth-order valence-corrected chi connectivity index (χ4v) is 1.62. The highest BCUT2D eigenvalue weighted by Gasteiger charge is 2.06. The van der Waals surface area contributed by atoms with E-state index in [2.05, 4.69) is 15.0 Å². The fourth-order valence-electron chi connectivity index (χ4n) is 1.46. The lowest BCUT2D eigenvalue weighted by Gasteiger charge is -2.08. The van der Waals surface area contributed by atoms with Gasteiger partial charge in [-0.25, -0.2) is 9.78 Å². The molecular weight excluding hydrogens is 252 g/mol. The molecule has 2 aromatic rings. The third-order valence-electron chi connectivity index (χ3n) is 2.30. The van der Waals surface area contributed by atoms with E-state index in [1.54, 1.807) is 36.5 Å². The van der Waals surface area contributed by atoms with Crippen molar-refractivity contribution in [2.75, 3.05) is 12.4 Å². The van der Waals surface area contributed by atoms with Crippen LogP contribution in [0.4, 0.5) is 11.5 Å². The summed E-state index contributed by atoms with van der Waals surface area (Å²) in [6, 6.07) is 10.4. The van der Waals surface area contributed by atoms with Gasteiger partial charge in [-0.05, 0) is 30.3 Å². The van der Waals surface area contributed by atoms with Gasteiger partial charge in [0, 0.05) is 11.9 Å². The van der Waals surface area contributed by atoms with E-state index in [0.717, 1.165) is 5.69 Å². The van der Waals surface area contributed by atoms with E-state index in [0.29, 0.717) is 16.4 Å². The molecule has 0 saturated carbocycles. The quantitative estimate of drug-likeness (QED) is 0.863. The lowest BCUT2D eigenvalue weighted by Crippen LogP contribution is -2.02. The van der Waals surface area contributed by atoms with Crippen molar-refractivity contribution < 1.29 is 9.53 Å². The second kappa shape index (κ2) is 5.51. The first-order valence-electron chi connectivity index (χ1n) is 5.26. The van der Waals surface area contributed by atoms with Gasteiger partial charge in [0.1, 0.15) is 5.82 Å². The van der Waals surface area contributed by atoms with E-state index >= 15 is 0 Å². The fraction of sp³-hybridized carbons (Fsp3) is 0.0769. The number of esters is 1. The van der Waals surface area contributed by atoms with Gasteiger partial charge in [-0.1, -0.05) is 17.7 Å². The molecule has 1 aromatic heterocycles. The number of benzene rings is 1. The number of carbonyl (C=O) groups excluding carboxylic acids is 1. The molecule has 0 radical (unpaired) electrons. The molecule has 18 heavy (non-hydrogen) atoms. The highest BCUT2D eigenvalue weighted by Crippen LogP contribution is 2.22. The first-order valence-corrected chi connectivity index (χ1v) is 5.64. The second-order valence-electron chi connectivity index (χ2n) is 3.53. The van der Waals surface area contributed by atoms with E-state index in [9.17, 15) is 4.79 Å². The molecule has 0 atom stereocenters. The summed E-state index contributed by atoms with van der Waals surface area (Å²) >= 11 is 5.99. The molecule has 0 unspecified atom stereocenters. The summed E-state index contributed by atoms with van der Waals surface area (Å²) in [6.45, 7) is 0. The molecule has 0 aliphatic carbocycles. The van der Waals surface area contributed by atoms with Crippen molar-refractivity contribution in [3.63, 3.8) is 0 Å². The lowest BCUT2D eigenvalue weighted by molar-refractivity contribution is 0.0601. The minimum absolute atomic E-state index is 0.384. The van der Waals surface area contributed by atoms with Gasteiger partial charge in [0.25, 0.3) is 0 Å². The van der Waals surface area contributed by atoms with E-state index in [1.807, 2.05) is 6.07 Å². The zero-order valence-electron chi connectivity index (χ0n) is 9.68. The van der Waals surface area contributed by atoms with Crippen molar-refractivity contribution in [3.8, 4) is 0 Å². The molecule has 92 valence electrons. The van der Waals surface area contributed by atoms with Crippen LogP contribution in [0.3, 0.4) is 0 Å². The number of anilines is 2. The minimum atomic E-state index is -0.384. The Bertz CT molecular complexity index is 572. The van der Waals surface area contributed by atoms with Crippen LogP contribution in [0, 0.1) is 0 Å². The number of aromatic nitrogens is 1. The number of halogens is 1. The van der Waals surface area contributed by atoms with Gasteiger partial charge >= 0.3 is 5.97 Å². The molecule has 0 aliphatic heterocycles. The molecule has 2 rings (SSSR count). The predicted octanol–water partition coefficient (Wildman–Crippen LogP) is 3.27. The first kappa shape index (κ1) is 12.4. The summed E-state index contributed by atoms with van der Waals surface area (Å²) < 4.78 is 4.66. The van der Waals surface area contributed by atoms with Crippen molar-refractivity contribution in [2.24, 2.45) is 0 Å². The standard InChI is InChI=1S/C13H11ClN2O2/c1-18-13(17)9-4-2-5-10(8-9)16-12-11(14)6-3-7-15-12/h2-8H,1H3,(H,15,16). The molecule has 4 nitrogen and oxygen atoms in total. The van der Waals surface area contributed by atoms with E-state index in [-0.39, 0.29) is 5.97 Å². The zero-order valence-corrected chi connectivity index (χ0v) is 10.4. The molecule has 0 saturated heterocycles. The third-order valence-corrected chi connectivity index (χ3v) is 2.61. The minimum Gasteiger partial charge on any atom is -0.465 e. The first-order chi connectivity index (χ1) is 8.70. The van der Waals surface area contributed by atoms with E-state index < -0.39 is 0 Å². The Kier molecular flexibility index (Phi) is 3.79. The summed E-state index contributed by atoms with van der Waals surface area (Å²) in [5, 5.41) is 3.56. The number of pyridine rings is 1. The molecule has 0 fully saturated rings. The second-order valence-corrected chi connectivity index (χ2v) is 3.94. The average Bonchev–Trinajstić information content (AvgIpc) is 2.41. The number of hydrogen-bond donors (Lipinski definition) is 1. The Morgan fingerprint density at radius 1 is 1.33 bits per heavy atom.